The molecule has 0 aliphatic carbocycles. The van der Waals surface area contributed by atoms with E-state index in [2.05, 4.69) is 4.74 Å². The summed E-state index contributed by atoms with van der Waals surface area (Å²) < 4.78 is 40.5. The van der Waals surface area contributed by atoms with Crippen LogP contribution in [0.15, 0.2) is 30.3 Å². The summed E-state index contributed by atoms with van der Waals surface area (Å²) in [6.45, 7) is -0.739. The molecule has 0 aromatic heterocycles. The van der Waals surface area contributed by atoms with Crippen LogP contribution in [0.4, 0.5) is 13.2 Å². The molecule has 1 aliphatic heterocycles. The topological polar surface area (TPSA) is 29.5 Å². The zero-order chi connectivity index (χ0) is 14.6. The minimum Gasteiger partial charge on any atom is -0.365 e. The van der Waals surface area contributed by atoms with E-state index in [-0.39, 0.29) is 19.0 Å². The van der Waals surface area contributed by atoms with Crippen molar-refractivity contribution in [3.05, 3.63) is 35.9 Å². The third-order valence-electron chi connectivity index (χ3n) is 3.15. The summed E-state index contributed by atoms with van der Waals surface area (Å²) in [6.07, 6.45) is -3.78. The second-order valence-corrected chi connectivity index (χ2v) is 4.83. The van der Waals surface area contributed by atoms with E-state index in [1.165, 1.54) is 4.90 Å². The van der Waals surface area contributed by atoms with Gasteiger partial charge >= 0.3 is 6.18 Å². The Morgan fingerprint density at radius 2 is 1.90 bits per heavy atom. The average Bonchev–Trinajstić information content (AvgIpc) is 2.34. The molecule has 1 aromatic carbocycles. The number of carbonyl (C=O) groups is 1. The molecule has 0 saturated carbocycles. The second-order valence-electron chi connectivity index (χ2n) is 4.83. The van der Waals surface area contributed by atoms with Crippen LogP contribution in [0.1, 0.15) is 12.0 Å². The van der Waals surface area contributed by atoms with Crippen molar-refractivity contribution in [3.63, 3.8) is 0 Å². The number of amides is 1. The van der Waals surface area contributed by atoms with Gasteiger partial charge < -0.3 is 9.64 Å². The van der Waals surface area contributed by atoms with Crippen LogP contribution in [0.2, 0.25) is 0 Å². The van der Waals surface area contributed by atoms with Crippen LogP contribution in [0.5, 0.6) is 0 Å². The molecule has 1 amide bonds. The Bertz CT molecular complexity index is 441. The molecular formula is C14H16F3NO2. The second kappa shape index (κ2) is 6.26. The maximum absolute atomic E-state index is 11.9. The number of ether oxygens (including phenoxy) is 1. The quantitative estimate of drug-likeness (QED) is 0.832. The van der Waals surface area contributed by atoms with Gasteiger partial charge in [-0.15, -0.1) is 0 Å². The molecule has 0 spiro atoms. The highest BCUT2D eigenvalue weighted by Gasteiger charge is 2.35. The number of likely N-dealkylation sites (tertiary alicyclic amines) is 1. The highest BCUT2D eigenvalue weighted by molar-refractivity contribution is 5.77. The zero-order valence-electron chi connectivity index (χ0n) is 10.9. The number of hydrogen-bond acceptors (Lipinski definition) is 2. The van der Waals surface area contributed by atoms with Crippen molar-refractivity contribution in [2.75, 3.05) is 19.7 Å². The van der Waals surface area contributed by atoms with E-state index in [1.54, 1.807) is 0 Å². The number of halogens is 3. The lowest BCUT2D eigenvalue weighted by Crippen LogP contribution is -2.55. The fourth-order valence-corrected chi connectivity index (χ4v) is 2.01. The number of benzene rings is 1. The van der Waals surface area contributed by atoms with Crippen molar-refractivity contribution < 1.29 is 22.7 Å². The van der Waals surface area contributed by atoms with Crippen molar-refractivity contribution >= 4 is 5.91 Å². The van der Waals surface area contributed by atoms with Crippen molar-refractivity contribution in [2.45, 2.75) is 25.1 Å². The van der Waals surface area contributed by atoms with Gasteiger partial charge in [-0.2, -0.15) is 13.2 Å². The molecular weight excluding hydrogens is 271 g/mol. The summed E-state index contributed by atoms with van der Waals surface area (Å²) in [7, 11) is 0. The maximum atomic E-state index is 11.9. The Kier molecular flexibility index (Phi) is 4.65. The Morgan fingerprint density at radius 3 is 2.50 bits per heavy atom. The number of alkyl halides is 3. The predicted octanol–water partition coefficient (Wildman–Crippen LogP) is 2.41. The van der Waals surface area contributed by atoms with Gasteiger partial charge in [0.2, 0.25) is 5.91 Å². The first kappa shape index (κ1) is 14.8. The van der Waals surface area contributed by atoms with Crippen LogP contribution in [0.3, 0.4) is 0 Å². The average molecular weight is 287 g/mol. The lowest BCUT2D eigenvalue weighted by molar-refractivity contribution is -0.200. The van der Waals surface area contributed by atoms with E-state index in [9.17, 15) is 18.0 Å². The minimum absolute atomic E-state index is 0.0410. The first-order valence-corrected chi connectivity index (χ1v) is 6.44. The van der Waals surface area contributed by atoms with Crippen LogP contribution in [0.25, 0.3) is 0 Å². The maximum Gasteiger partial charge on any atom is 0.411 e. The molecule has 1 fully saturated rings. The SMILES string of the molecule is O=C(CCc1ccccc1)N1CC(OCC(F)(F)F)C1. The third kappa shape index (κ3) is 4.52. The summed E-state index contributed by atoms with van der Waals surface area (Å²) in [5, 5.41) is 0. The van der Waals surface area contributed by atoms with E-state index in [0.717, 1.165) is 5.56 Å². The van der Waals surface area contributed by atoms with Crippen molar-refractivity contribution in [3.8, 4) is 0 Å². The third-order valence-corrected chi connectivity index (χ3v) is 3.15. The lowest BCUT2D eigenvalue weighted by atomic mass is 10.1. The molecule has 110 valence electrons. The molecule has 0 bridgehead atoms. The van der Waals surface area contributed by atoms with Gasteiger partial charge in [0.1, 0.15) is 6.61 Å². The number of rotatable bonds is 5. The summed E-state index contributed by atoms with van der Waals surface area (Å²) >= 11 is 0. The fraction of sp³-hybridized carbons (Fsp3) is 0.500. The first-order chi connectivity index (χ1) is 9.44. The van der Waals surface area contributed by atoms with Crippen LogP contribution >= 0.6 is 0 Å². The van der Waals surface area contributed by atoms with E-state index >= 15 is 0 Å². The van der Waals surface area contributed by atoms with Gasteiger partial charge in [0.05, 0.1) is 6.10 Å². The summed E-state index contributed by atoms with van der Waals surface area (Å²) in [4.78, 5) is 13.3. The highest BCUT2D eigenvalue weighted by atomic mass is 19.4. The Morgan fingerprint density at radius 1 is 1.25 bits per heavy atom. The molecule has 0 unspecified atom stereocenters. The molecule has 1 aliphatic rings. The molecule has 1 heterocycles. The summed E-state index contributed by atoms with van der Waals surface area (Å²) in [6, 6.07) is 9.61. The minimum atomic E-state index is -4.31. The fourth-order valence-electron chi connectivity index (χ4n) is 2.01. The number of nitrogens with zero attached hydrogens (tertiary/aromatic N) is 1. The highest BCUT2D eigenvalue weighted by Crippen LogP contribution is 2.20. The zero-order valence-corrected chi connectivity index (χ0v) is 10.9. The summed E-state index contributed by atoms with van der Waals surface area (Å²) in [5.41, 5.74) is 1.08. The molecule has 3 nitrogen and oxygen atoms in total. The molecule has 0 atom stereocenters. The summed E-state index contributed by atoms with van der Waals surface area (Å²) in [5.74, 6) is -0.0410. The smallest absolute Gasteiger partial charge is 0.365 e. The standard InChI is InChI=1S/C14H16F3NO2/c15-14(16,17)10-20-12-8-18(9-12)13(19)7-6-11-4-2-1-3-5-11/h1-5,12H,6-10H2. The molecule has 1 saturated heterocycles. The largest absolute Gasteiger partial charge is 0.411 e. The van der Waals surface area contributed by atoms with Crippen molar-refractivity contribution in [1.29, 1.82) is 0 Å². The monoisotopic (exact) mass is 287 g/mol. The normalized spacial score (nSPS) is 16.1. The Labute approximate surface area is 115 Å². The van der Waals surface area contributed by atoms with Gasteiger partial charge in [0, 0.05) is 19.5 Å². The van der Waals surface area contributed by atoms with Gasteiger partial charge in [-0.3, -0.25) is 4.79 Å². The molecule has 2 rings (SSSR count). The van der Waals surface area contributed by atoms with Gasteiger partial charge in [0.15, 0.2) is 0 Å². The molecule has 20 heavy (non-hydrogen) atoms. The van der Waals surface area contributed by atoms with Crippen LogP contribution in [0, 0.1) is 0 Å². The molecule has 6 heteroatoms. The van der Waals surface area contributed by atoms with Crippen molar-refractivity contribution in [1.82, 2.24) is 4.90 Å². The molecule has 0 radical (unpaired) electrons. The van der Waals surface area contributed by atoms with Crippen molar-refractivity contribution in [2.24, 2.45) is 0 Å². The Hall–Kier alpha value is -1.56. The molecule has 0 N–H and O–H groups in total. The van der Waals surface area contributed by atoms with E-state index < -0.39 is 18.9 Å². The first-order valence-electron chi connectivity index (χ1n) is 6.44. The van der Waals surface area contributed by atoms with Gasteiger partial charge in [-0.25, -0.2) is 0 Å². The van der Waals surface area contributed by atoms with Crippen LogP contribution < -0.4 is 0 Å². The lowest BCUT2D eigenvalue weighted by Gasteiger charge is -2.39. The van der Waals surface area contributed by atoms with Gasteiger partial charge in [-0.1, -0.05) is 30.3 Å². The number of carbonyl (C=O) groups excluding carboxylic acids is 1. The van der Waals surface area contributed by atoms with Gasteiger partial charge in [-0.05, 0) is 12.0 Å². The van der Waals surface area contributed by atoms with E-state index in [0.29, 0.717) is 12.8 Å². The molecule has 1 aromatic rings. The number of hydrogen-bond donors (Lipinski definition) is 0. The predicted molar refractivity (Wildman–Crippen MR) is 67.1 cm³/mol. The van der Waals surface area contributed by atoms with E-state index in [1.807, 2.05) is 30.3 Å². The number of aryl methyl sites for hydroxylation is 1. The van der Waals surface area contributed by atoms with Gasteiger partial charge in [0.25, 0.3) is 0 Å². The van der Waals surface area contributed by atoms with Crippen LogP contribution in [-0.2, 0) is 16.0 Å². The van der Waals surface area contributed by atoms with E-state index in [4.69, 9.17) is 0 Å². The Balaban J connectivity index is 1.64. The van der Waals surface area contributed by atoms with Crippen LogP contribution in [-0.4, -0.2) is 42.8 Å².